The molecule has 0 aliphatic carbocycles. The van der Waals surface area contributed by atoms with Crippen molar-refractivity contribution in [3.63, 3.8) is 0 Å². The van der Waals surface area contributed by atoms with Crippen LogP contribution in [-0.2, 0) is 44.5 Å². The number of fused-ring (bicyclic) bond motifs is 5. The number of halogens is 1. The Balaban J connectivity index is 1.78. The summed E-state index contributed by atoms with van der Waals surface area (Å²) in [5, 5.41) is 12.0. The van der Waals surface area contributed by atoms with E-state index in [4.69, 9.17) is 41.0 Å². The lowest BCUT2D eigenvalue weighted by atomic mass is 9.78. The smallest absolute Gasteiger partial charge is 0.328 e. The largest absolute Gasteiger partial charge is 0.495 e. The van der Waals surface area contributed by atoms with E-state index in [0.29, 0.717) is 17.9 Å². The normalized spacial score (nSPS) is 32.5. The number of ether oxygens (including phenoxy) is 5. The molecular formula is C36H50ClN3O10. The highest BCUT2D eigenvalue weighted by atomic mass is 35.5. The first-order valence-corrected chi connectivity index (χ1v) is 17.1. The lowest BCUT2D eigenvalue weighted by molar-refractivity contribution is -0.187. The zero-order valence-electron chi connectivity index (χ0n) is 30.1. The number of benzene rings is 1. The van der Waals surface area contributed by atoms with E-state index < -0.39 is 65.4 Å². The Kier molecular flexibility index (Phi) is 12.4. The molecule has 3 aliphatic rings. The lowest BCUT2D eigenvalue weighted by Gasteiger charge is -2.41. The summed E-state index contributed by atoms with van der Waals surface area (Å²) in [7, 11) is 6.01. The predicted molar refractivity (Wildman–Crippen MR) is 186 cm³/mol. The number of anilines is 1. The Morgan fingerprint density at radius 2 is 1.96 bits per heavy atom. The molecule has 4 bridgehead atoms. The van der Waals surface area contributed by atoms with Crippen LogP contribution in [0.1, 0.15) is 58.9 Å². The van der Waals surface area contributed by atoms with E-state index in [2.05, 4.69) is 0 Å². The van der Waals surface area contributed by atoms with Crippen LogP contribution in [0.4, 0.5) is 5.69 Å². The zero-order valence-corrected chi connectivity index (χ0v) is 30.8. The van der Waals surface area contributed by atoms with Crippen LogP contribution < -0.4 is 15.4 Å². The number of aliphatic hydroxyl groups is 1. The van der Waals surface area contributed by atoms with E-state index in [-0.39, 0.29) is 43.2 Å². The molecule has 2 saturated heterocycles. The van der Waals surface area contributed by atoms with Crippen molar-refractivity contribution >= 4 is 41.0 Å². The minimum absolute atomic E-state index is 0.0476. The molecule has 276 valence electrons. The second-order valence-electron chi connectivity index (χ2n) is 13.8. The van der Waals surface area contributed by atoms with Gasteiger partial charge in [-0.05, 0) is 44.9 Å². The highest BCUT2D eigenvalue weighted by Crippen LogP contribution is 2.50. The quantitative estimate of drug-likeness (QED) is 0.314. The monoisotopic (exact) mass is 719 g/mol. The number of esters is 2. The first kappa shape index (κ1) is 39.3. The van der Waals surface area contributed by atoms with Crippen LogP contribution in [0.5, 0.6) is 5.75 Å². The number of epoxide rings is 1. The number of carbonyl (C=O) groups excluding carboxylic acids is 4. The molecule has 0 aromatic heterocycles. The lowest BCUT2D eigenvalue weighted by Crippen LogP contribution is -2.53. The van der Waals surface area contributed by atoms with E-state index in [1.165, 1.54) is 38.0 Å². The Labute approximate surface area is 298 Å². The Bertz CT molecular complexity index is 1530. The van der Waals surface area contributed by atoms with Crippen LogP contribution >= 0.6 is 11.6 Å². The summed E-state index contributed by atoms with van der Waals surface area (Å²) < 4.78 is 29.2. The molecule has 14 heteroatoms. The number of carbonyl (C=O) groups is 4. The van der Waals surface area contributed by atoms with Crippen molar-refractivity contribution in [2.75, 3.05) is 39.8 Å². The van der Waals surface area contributed by atoms with Gasteiger partial charge in [-0.2, -0.15) is 0 Å². The summed E-state index contributed by atoms with van der Waals surface area (Å²) in [5.41, 5.74) is 4.94. The van der Waals surface area contributed by atoms with Gasteiger partial charge in [0.25, 0.3) is 0 Å². The summed E-state index contributed by atoms with van der Waals surface area (Å²) in [6.07, 6.45) is 2.01. The summed E-state index contributed by atoms with van der Waals surface area (Å²) in [6.45, 7) is 7.12. The van der Waals surface area contributed by atoms with Gasteiger partial charge in [0.05, 0.1) is 31.7 Å². The van der Waals surface area contributed by atoms with Crippen molar-refractivity contribution < 1.29 is 48.0 Å². The van der Waals surface area contributed by atoms with E-state index in [1.807, 2.05) is 19.9 Å². The fourth-order valence-electron chi connectivity index (χ4n) is 6.77. The standard InChI is InChI=1S/C36H50ClN3O10/c1-20-10-9-11-27(47-8)36(45)18-26(48-31(43)19-36)21(2)33-35(4,50-33)28(49-34(44)22(3)39(5)29(41)12-13-38)17-30(42)40(6)24-15-23(14-20)16-25(46-7)32(24)37/h9-11,15-16,21-22,26-28,33,45H,12-14,17-19,38H2,1-8H3/b11-9+,20-10+/t21-,22+,26+,27-,28+,33+,35+,36-/m1/s1. The molecule has 3 heterocycles. The predicted octanol–water partition coefficient (Wildman–Crippen LogP) is 3.11. The van der Waals surface area contributed by atoms with Gasteiger partial charge in [-0.1, -0.05) is 42.3 Å². The van der Waals surface area contributed by atoms with Crippen LogP contribution in [0, 0.1) is 5.92 Å². The molecule has 1 aromatic carbocycles. The van der Waals surface area contributed by atoms with Gasteiger partial charge >= 0.3 is 11.9 Å². The van der Waals surface area contributed by atoms with Crippen molar-refractivity contribution in [1.29, 1.82) is 0 Å². The van der Waals surface area contributed by atoms with E-state index in [0.717, 1.165) is 11.1 Å². The highest BCUT2D eigenvalue weighted by Gasteiger charge is 2.64. The highest BCUT2D eigenvalue weighted by molar-refractivity contribution is 6.35. The van der Waals surface area contributed by atoms with Gasteiger partial charge in [-0.15, -0.1) is 0 Å². The van der Waals surface area contributed by atoms with Crippen molar-refractivity contribution in [2.45, 2.75) is 101 Å². The molecule has 2 fully saturated rings. The fraction of sp³-hybridized carbons (Fsp3) is 0.611. The average Bonchev–Trinajstić information content (AvgIpc) is 3.76. The maximum absolute atomic E-state index is 14.0. The summed E-state index contributed by atoms with van der Waals surface area (Å²) in [6, 6.07) is 2.60. The molecule has 1 aromatic rings. The van der Waals surface area contributed by atoms with Crippen LogP contribution in [0.3, 0.4) is 0 Å². The van der Waals surface area contributed by atoms with Gasteiger partial charge < -0.3 is 44.3 Å². The van der Waals surface area contributed by atoms with Crippen molar-refractivity contribution in [3.8, 4) is 5.75 Å². The first-order valence-electron chi connectivity index (χ1n) is 16.7. The van der Waals surface area contributed by atoms with Crippen molar-refractivity contribution in [1.82, 2.24) is 4.90 Å². The number of hydrogen-bond acceptors (Lipinski definition) is 11. The molecule has 3 N–H and O–H groups in total. The SMILES string of the molecule is COc1cc2cc(c1Cl)N(C)C(=O)C[C@H](OC(=O)[C@H](C)N(C)C(=O)CCN)[C@]1(C)O[C@H]1[C@H](C)[C@@H]1C[C@@](O)(CC(=O)O1)[C@H](OC)/C=C/C=C(\C)C2. The molecule has 50 heavy (non-hydrogen) atoms. The van der Waals surface area contributed by atoms with Gasteiger partial charge in [-0.25, -0.2) is 4.79 Å². The maximum atomic E-state index is 14.0. The number of rotatable bonds is 7. The van der Waals surface area contributed by atoms with Gasteiger partial charge in [0, 0.05) is 46.5 Å². The topological polar surface area (TPSA) is 170 Å². The number of methoxy groups -OCH3 is 2. The molecule has 0 radical (unpaired) electrons. The summed E-state index contributed by atoms with van der Waals surface area (Å²) >= 11 is 6.73. The number of nitrogens with zero attached hydrogens (tertiary/aromatic N) is 2. The number of nitrogens with two attached hydrogens (primary N) is 1. The summed E-state index contributed by atoms with van der Waals surface area (Å²) in [4.78, 5) is 55.7. The van der Waals surface area contributed by atoms with E-state index >= 15 is 0 Å². The second-order valence-corrected chi connectivity index (χ2v) is 14.1. The second kappa shape index (κ2) is 15.8. The molecule has 8 atom stereocenters. The summed E-state index contributed by atoms with van der Waals surface area (Å²) in [5.74, 6) is -2.20. The number of hydrogen-bond donors (Lipinski definition) is 2. The molecule has 0 spiro atoms. The van der Waals surface area contributed by atoms with Gasteiger partial charge in [0.2, 0.25) is 11.8 Å². The molecule has 2 amide bonds. The van der Waals surface area contributed by atoms with Crippen LogP contribution in [-0.4, -0.2) is 110 Å². The molecule has 0 unspecified atom stereocenters. The third kappa shape index (κ3) is 8.34. The van der Waals surface area contributed by atoms with Gasteiger partial charge in [0.1, 0.15) is 46.3 Å². The number of allylic oxidation sites excluding steroid dienone is 3. The molecule has 13 nitrogen and oxygen atoms in total. The van der Waals surface area contributed by atoms with Crippen molar-refractivity contribution in [2.24, 2.45) is 11.7 Å². The fourth-order valence-corrected chi connectivity index (χ4v) is 7.08. The maximum Gasteiger partial charge on any atom is 0.328 e. The Morgan fingerprint density at radius 3 is 2.60 bits per heavy atom. The van der Waals surface area contributed by atoms with Crippen LogP contribution in [0.2, 0.25) is 5.02 Å². The number of likely N-dealkylation sites (N-methyl/N-ethyl adjacent to an activating group) is 1. The third-order valence-corrected chi connectivity index (χ3v) is 10.5. The minimum Gasteiger partial charge on any atom is -0.495 e. The van der Waals surface area contributed by atoms with Gasteiger partial charge in [-0.3, -0.25) is 14.4 Å². The van der Waals surface area contributed by atoms with Crippen LogP contribution in [0.15, 0.2) is 35.9 Å². The third-order valence-electron chi connectivity index (χ3n) is 10.1. The first-order chi connectivity index (χ1) is 23.5. The molecule has 4 rings (SSSR count). The zero-order chi connectivity index (χ0) is 37.1. The van der Waals surface area contributed by atoms with Crippen LogP contribution in [0.25, 0.3) is 0 Å². The van der Waals surface area contributed by atoms with E-state index in [9.17, 15) is 24.3 Å². The average molecular weight is 720 g/mol. The van der Waals surface area contributed by atoms with Crippen molar-refractivity contribution in [3.05, 3.63) is 46.5 Å². The molecule has 0 saturated carbocycles. The van der Waals surface area contributed by atoms with E-state index in [1.54, 1.807) is 38.3 Å². The Hall–Kier alpha value is -3.49. The number of amides is 2. The van der Waals surface area contributed by atoms with Gasteiger partial charge in [0.15, 0.2) is 0 Å². The Morgan fingerprint density at radius 1 is 1.26 bits per heavy atom. The molecular weight excluding hydrogens is 670 g/mol. The minimum atomic E-state index is -1.57. The molecule has 3 aliphatic heterocycles.